The molecule has 41 heavy (non-hydrogen) atoms. The zero-order chi connectivity index (χ0) is 29.7. The number of nitriles is 1. The van der Waals surface area contributed by atoms with Crippen molar-refractivity contribution in [2.24, 2.45) is 25.1 Å². The van der Waals surface area contributed by atoms with E-state index in [0.717, 1.165) is 76.4 Å². The van der Waals surface area contributed by atoms with Gasteiger partial charge in [-0.3, -0.25) is 39.5 Å². The van der Waals surface area contributed by atoms with Crippen LogP contribution in [0.25, 0.3) is 0 Å². The second kappa shape index (κ2) is 20.6. The lowest BCUT2D eigenvalue weighted by Crippen LogP contribution is -2.47. The summed E-state index contributed by atoms with van der Waals surface area (Å²) in [6.07, 6.45) is 6.72. The van der Waals surface area contributed by atoms with Gasteiger partial charge >= 0.3 is 5.91 Å². The second-order valence-corrected chi connectivity index (χ2v) is 9.87. The minimum Gasteiger partial charge on any atom is -0.379 e. The number of hydrogen-bond donors (Lipinski definition) is 1. The molecule has 13 nitrogen and oxygen atoms in total. The van der Waals surface area contributed by atoms with E-state index in [2.05, 4.69) is 64.6 Å². The zero-order valence-corrected chi connectivity index (χ0v) is 24.3. The van der Waals surface area contributed by atoms with Crippen LogP contribution >= 0.6 is 0 Å². The van der Waals surface area contributed by atoms with E-state index in [1.807, 2.05) is 13.3 Å². The molecule has 2 rings (SSSR count). The van der Waals surface area contributed by atoms with Crippen molar-refractivity contribution in [3.63, 3.8) is 0 Å². The molecule has 1 N–H and O–H groups in total. The van der Waals surface area contributed by atoms with Crippen LogP contribution in [0, 0.1) is 16.1 Å². The van der Waals surface area contributed by atoms with E-state index in [4.69, 9.17) is 4.74 Å². The summed E-state index contributed by atoms with van der Waals surface area (Å²) in [4.78, 5) is 45.4. The van der Waals surface area contributed by atoms with Gasteiger partial charge in [0.15, 0.2) is 0 Å². The maximum Gasteiger partial charge on any atom is 0.319 e. The predicted octanol–water partition coefficient (Wildman–Crippen LogP) is 1.03. The summed E-state index contributed by atoms with van der Waals surface area (Å²) in [6.45, 7) is 17.3. The van der Waals surface area contributed by atoms with Gasteiger partial charge in [-0.15, -0.1) is 4.91 Å². The molecule has 0 unspecified atom stereocenters. The fourth-order valence-electron chi connectivity index (χ4n) is 4.55. The number of nitrogens with zero attached hydrogens (tertiary/aromatic N) is 9. The fourth-order valence-corrected chi connectivity index (χ4v) is 4.55. The lowest BCUT2D eigenvalue weighted by molar-refractivity contribution is -0.114. The first kappa shape index (κ1) is 34.0. The van der Waals surface area contributed by atoms with Gasteiger partial charge in [0.05, 0.1) is 32.0 Å². The topological polar surface area (TPSA) is 151 Å². The van der Waals surface area contributed by atoms with E-state index in [9.17, 15) is 15.0 Å². The lowest BCUT2D eigenvalue weighted by atomic mass is 9.42. The number of allylic oxidation sites excluding steroid dienone is 2. The molecular weight excluding hydrogens is 523 g/mol. The average Bonchev–Trinajstić information content (AvgIpc) is 3.00. The third kappa shape index (κ3) is 13.3. The summed E-state index contributed by atoms with van der Waals surface area (Å²) < 4.78 is 5.93. The highest BCUT2D eigenvalue weighted by Gasteiger charge is 2.23. The van der Waals surface area contributed by atoms with Crippen molar-refractivity contribution < 1.29 is 9.53 Å². The molecule has 2 heterocycles. The van der Waals surface area contributed by atoms with Crippen molar-refractivity contribution >= 4 is 38.5 Å². The van der Waals surface area contributed by atoms with E-state index < -0.39 is 5.91 Å². The minimum absolute atomic E-state index is 0.0140. The largest absolute Gasteiger partial charge is 0.379 e. The van der Waals surface area contributed by atoms with Gasteiger partial charge in [-0.1, -0.05) is 6.32 Å². The molecule has 0 aliphatic carbocycles. The van der Waals surface area contributed by atoms with Crippen LogP contribution in [0.3, 0.4) is 0 Å². The normalized spacial score (nSPS) is 17.5. The molecule has 0 atom stereocenters. The quantitative estimate of drug-likeness (QED) is 0.0801. The molecule has 1 saturated heterocycles. The fraction of sp³-hybridized carbons (Fsp3) is 0.630. The third-order valence-corrected chi connectivity index (χ3v) is 7.05. The third-order valence-electron chi connectivity index (χ3n) is 7.05. The van der Waals surface area contributed by atoms with Crippen molar-refractivity contribution in [3.8, 4) is 5.97 Å². The molecule has 14 heteroatoms. The highest BCUT2D eigenvalue weighted by atomic mass is 16.5. The van der Waals surface area contributed by atoms with Crippen molar-refractivity contribution in [1.82, 2.24) is 20.0 Å². The molecule has 1 fully saturated rings. The molecule has 0 bridgehead atoms. The van der Waals surface area contributed by atoms with Crippen LogP contribution in [0.5, 0.6) is 0 Å². The number of nitroso groups, excluding NO2 is 1. The molecule has 2 aliphatic rings. The molecule has 0 aromatic rings. The summed E-state index contributed by atoms with van der Waals surface area (Å²) in [5.41, 5.74) is 2.03. The maximum absolute atomic E-state index is 11.5. The summed E-state index contributed by atoms with van der Waals surface area (Å²) in [6, 6.07) is 0. The van der Waals surface area contributed by atoms with Crippen molar-refractivity contribution in [1.29, 1.82) is 5.26 Å². The molecule has 0 aromatic carbocycles. The van der Waals surface area contributed by atoms with Gasteiger partial charge in [0.2, 0.25) is 0 Å². The van der Waals surface area contributed by atoms with E-state index >= 15 is 0 Å². The van der Waals surface area contributed by atoms with Crippen molar-refractivity contribution in [2.45, 2.75) is 19.1 Å². The number of carbonyl (C=O) groups is 1. The van der Waals surface area contributed by atoms with Crippen LogP contribution in [0.15, 0.2) is 48.2 Å². The van der Waals surface area contributed by atoms with Gasteiger partial charge in [-0.05, 0) is 38.8 Å². The lowest BCUT2D eigenvalue weighted by Gasteiger charge is -2.33. The highest BCUT2D eigenvalue weighted by Crippen LogP contribution is 2.25. The molecule has 2 aliphatic heterocycles. The average molecular weight is 567 g/mol. The molecular formula is C27H43BN10O3. The van der Waals surface area contributed by atoms with Crippen LogP contribution in [-0.2, 0) is 9.53 Å². The first-order valence-electron chi connectivity index (χ1n) is 14.1. The smallest absolute Gasteiger partial charge is 0.319 e. The van der Waals surface area contributed by atoms with Crippen molar-refractivity contribution in [3.05, 3.63) is 28.0 Å². The minimum atomic E-state index is -0.917. The summed E-state index contributed by atoms with van der Waals surface area (Å²) >= 11 is 0. The molecule has 222 valence electrons. The van der Waals surface area contributed by atoms with Crippen LogP contribution in [0.2, 0.25) is 12.6 Å². The number of hydrogen-bond acceptors (Lipinski definition) is 12. The Bertz CT molecular complexity index is 1020. The molecule has 0 aromatic heterocycles. The molecule has 0 radical (unpaired) electrons. The summed E-state index contributed by atoms with van der Waals surface area (Å²) in [5.74, 6) is 1.45. The number of nitrogens with one attached hydrogen (secondary N) is 1. The summed E-state index contributed by atoms with van der Waals surface area (Å²) in [5, 5.41) is 14.8. The van der Waals surface area contributed by atoms with Gasteiger partial charge in [0.1, 0.15) is 0 Å². The number of likely N-dealkylation sites (N-methyl/N-ethyl adjacent to an activating group) is 1. The number of aliphatic imine (C=N–C) groups is 4. The van der Waals surface area contributed by atoms with Gasteiger partial charge in [-0.25, -0.2) is 5.26 Å². The Kier molecular flexibility index (Phi) is 17.1. The van der Waals surface area contributed by atoms with Gasteiger partial charge < -0.3 is 10.1 Å². The van der Waals surface area contributed by atoms with Crippen LogP contribution in [0.1, 0.15) is 6.42 Å². The Morgan fingerprint density at radius 1 is 1.17 bits per heavy atom. The number of piperazine rings is 1. The Hall–Kier alpha value is -3.22. The van der Waals surface area contributed by atoms with Gasteiger partial charge in [0, 0.05) is 94.4 Å². The first-order chi connectivity index (χ1) is 20.0. The molecule has 1 amide bonds. The molecule has 0 spiro atoms. The van der Waals surface area contributed by atoms with E-state index in [-0.39, 0.29) is 12.3 Å². The Balaban J connectivity index is 1.64. The first-order valence-corrected chi connectivity index (χ1v) is 14.1. The van der Waals surface area contributed by atoms with Crippen LogP contribution in [0.4, 0.5) is 0 Å². The zero-order valence-electron chi connectivity index (χ0n) is 24.3. The van der Waals surface area contributed by atoms with E-state index in [0.29, 0.717) is 39.3 Å². The molecule has 0 saturated carbocycles. The number of amides is 1. The second-order valence-electron chi connectivity index (χ2n) is 9.87. The van der Waals surface area contributed by atoms with Gasteiger partial charge in [0.25, 0.3) is 6.71 Å². The van der Waals surface area contributed by atoms with Gasteiger partial charge in [-0.2, -0.15) is 0 Å². The van der Waals surface area contributed by atoms with Crippen molar-refractivity contribution in [2.75, 3.05) is 92.4 Å². The Labute approximate surface area is 243 Å². The Morgan fingerprint density at radius 3 is 2.63 bits per heavy atom. The van der Waals surface area contributed by atoms with Crippen LogP contribution < -0.4 is 5.32 Å². The number of carbonyl (C=O) groups excluding carboxylic acids is 1. The van der Waals surface area contributed by atoms with E-state index in [1.165, 1.54) is 12.4 Å². The number of ether oxygens (including phenoxy) is 1. The standard InChI is InChI=1S/C27H43BN10O3/c1-30-6-8-36(9-7-33-21-25(19-31-2)27(39)35-40)14-16-41-17-15-37-10-12-38(13-11-37)23-34-20-24-18-28(22-29)5-4-26(24)32-3/h19-21,30H,2-18,23H2,1H3/b25-19+,33-21?,34-20?. The van der Waals surface area contributed by atoms with E-state index in [1.54, 1.807) is 0 Å². The monoisotopic (exact) mass is 566 g/mol. The maximum atomic E-state index is 11.5. The number of rotatable bonds is 19. The highest BCUT2D eigenvalue weighted by molar-refractivity contribution is 6.68. The Morgan fingerprint density at radius 2 is 1.95 bits per heavy atom. The SMILES string of the molecule is C=N/C=C(\C=NCCN(CCNC)CCOCCN1CCN(CN=CC2=C(N=C)CCB(C#N)C2)CC1)C(=O)N=O. The predicted molar refractivity (Wildman–Crippen MR) is 167 cm³/mol. The summed E-state index contributed by atoms with van der Waals surface area (Å²) in [7, 11) is 1.91. The van der Waals surface area contributed by atoms with Crippen LogP contribution in [-0.4, -0.2) is 146 Å².